The molecule has 0 spiro atoms. The van der Waals surface area contributed by atoms with E-state index in [0.717, 1.165) is 11.1 Å². The van der Waals surface area contributed by atoms with Gasteiger partial charge in [-0.25, -0.2) is 0 Å². The Morgan fingerprint density at radius 2 is 1.24 bits per heavy atom. The van der Waals surface area contributed by atoms with E-state index < -0.39 is 10.1 Å². The van der Waals surface area contributed by atoms with E-state index in [9.17, 15) is 18.1 Å². The summed E-state index contributed by atoms with van der Waals surface area (Å²) in [6.45, 7) is 2.12. The van der Waals surface area contributed by atoms with Crippen LogP contribution in [0, 0.1) is 0 Å². The molecule has 33 heavy (non-hydrogen) atoms. The van der Waals surface area contributed by atoms with Crippen LogP contribution in [0.2, 0.25) is 0 Å². The van der Waals surface area contributed by atoms with Gasteiger partial charge < -0.3 is 5.11 Å². The van der Waals surface area contributed by atoms with E-state index in [1.807, 2.05) is 54.6 Å². The van der Waals surface area contributed by atoms with Gasteiger partial charge in [0.15, 0.2) is 0 Å². The molecule has 5 heteroatoms. The minimum Gasteiger partial charge on any atom is -0.508 e. The summed E-state index contributed by atoms with van der Waals surface area (Å²) in [5.41, 5.74) is 3.55. The average molecular weight is 459 g/mol. The molecular formula is C28H26O4S. The fourth-order valence-electron chi connectivity index (χ4n) is 4.44. The average Bonchev–Trinajstić information content (AvgIpc) is 2.83. The number of hydrogen-bond acceptors (Lipinski definition) is 3. The van der Waals surface area contributed by atoms with Gasteiger partial charge >= 0.3 is 0 Å². The second kappa shape index (κ2) is 9.61. The lowest BCUT2D eigenvalue weighted by Crippen LogP contribution is -2.11. The van der Waals surface area contributed by atoms with Crippen molar-refractivity contribution in [2.45, 2.75) is 30.1 Å². The van der Waals surface area contributed by atoms with Crippen molar-refractivity contribution in [1.29, 1.82) is 0 Å². The van der Waals surface area contributed by atoms with Crippen molar-refractivity contribution in [3.8, 4) is 16.9 Å². The Labute approximate surface area is 194 Å². The molecule has 0 saturated heterocycles. The topological polar surface area (TPSA) is 74.6 Å². The fraction of sp³-hybridized carbons (Fsp3) is 0.143. The second-order valence-electron chi connectivity index (χ2n) is 8.22. The molecule has 0 aliphatic heterocycles. The molecule has 4 rings (SSSR count). The van der Waals surface area contributed by atoms with E-state index in [-0.39, 0.29) is 22.5 Å². The summed E-state index contributed by atoms with van der Waals surface area (Å²) in [4.78, 5) is -0.213. The number of phenolic OH excluding ortho intramolecular Hbond substituents is 1. The van der Waals surface area contributed by atoms with Gasteiger partial charge in [0, 0.05) is 17.0 Å². The van der Waals surface area contributed by atoms with Gasteiger partial charge in [0.1, 0.15) is 10.6 Å². The molecule has 0 amide bonds. The van der Waals surface area contributed by atoms with Gasteiger partial charge in [0.05, 0.1) is 0 Å². The normalized spacial score (nSPS) is 13.4. The highest BCUT2D eigenvalue weighted by Crippen LogP contribution is 2.46. The predicted octanol–water partition coefficient (Wildman–Crippen LogP) is 6.63. The lowest BCUT2D eigenvalue weighted by Gasteiger charge is -2.26. The highest BCUT2D eigenvalue weighted by atomic mass is 32.2. The summed E-state index contributed by atoms with van der Waals surface area (Å²) in [6, 6.07) is 31.5. The first-order valence-electron chi connectivity index (χ1n) is 10.8. The van der Waals surface area contributed by atoms with E-state index in [0.29, 0.717) is 23.1 Å². The molecule has 2 unspecified atom stereocenters. The van der Waals surface area contributed by atoms with Gasteiger partial charge in [-0.2, -0.15) is 8.42 Å². The van der Waals surface area contributed by atoms with Gasteiger partial charge in [0.25, 0.3) is 10.1 Å². The third kappa shape index (κ3) is 5.00. The van der Waals surface area contributed by atoms with Crippen molar-refractivity contribution in [2.75, 3.05) is 0 Å². The van der Waals surface area contributed by atoms with E-state index in [1.54, 1.807) is 24.3 Å². The lowest BCUT2D eigenvalue weighted by atomic mass is 9.78. The summed E-state index contributed by atoms with van der Waals surface area (Å²) in [7, 11) is -4.53. The molecule has 168 valence electrons. The van der Waals surface area contributed by atoms with Crippen molar-refractivity contribution >= 4 is 10.1 Å². The molecule has 0 bridgehead atoms. The number of hydrogen-bond donors (Lipinski definition) is 2. The Hall–Kier alpha value is -3.41. The number of aromatic hydroxyl groups is 1. The quantitative estimate of drug-likeness (QED) is 0.305. The zero-order valence-corrected chi connectivity index (χ0v) is 19.1. The number of rotatable bonds is 7. The highest BCUT2D eigenvalue weighted by Gasteiger charge is 2.29. The van der Waals surface area contributed by atoms with Crippen molar-refractivity contribution < 1.29 is 18.1 Å². The van der Waals surface area contributed by atoms with Gasteiger partial charge in [-0.3, -0.25) is 4.55 Å². The monoisotopic (exact) mass is 458 g/mol. The maximum Gasteiger partial charge on any atom is 0.295 e. The first kappa shape index (κ1) is 22.8. The van der Waals surface area contributed by atoms with E-state index in [1.165, 1.54) is 12.1 Å². The Kier molecular flexibility index (Phi) is 6.63. The van der Waals surface area contributed by atoms with Crippen LogP contribution in [0.1, 0.15) is 41.9 Å². The highest BCUT2D eigenvalue weighted by molar-refractivity contribution is 7.86. The van der Waals surface area contributed by atoms with Gasteiger partial charge in [0.2, 0.25) is 0 Å². The smallest absolute Gasteiger partial charge is 0.295 e. The van der Waals surface area contributed by atoms with Crippen LogP contribution in [-0.4, -0.2) is 18.1 Å². The van der Waals surface area contributed by atoms with Gasteiger partial charge in [-0.05, 0) is 41.2 Å². The van der Waals surface area contributed by atoms with Crippen molar-refractivity contribution in [2.24, 2.45) is 0 Å². The first-order chi connectivity index (χ1) is 15.9. The van der Waals surface area contributed by atoms with Crippen LogP contribution >= 0.6 is 0 Å². The molecular weight excluding hydrogens is 432 g/mol. The third-order valence-electron chi connectivity index (χ3n) is 6.03. The molecule has 0 radical (unpaired) electrons. The number of benzene rings is 4. The fourth-order valence-corrected chi connectivity index (χ4v) is 5.16. The van der Waals surface area contributed by atoms with Crippen LogP contribution in [0.25, 0.3) is 11.1 Å². The second-order valence-corrected chi connectivity index (χ2v) is 9.61. The summed E-state index contributed by atoms with van der Waals surface area (Å²) in [5.74, 6) is -0.178. The first-order valence-corrected chi connectivity index (χ1v) is 12.3. The van der Waals surface area contributed by atoms with Gasteiger partial charge in [-0.1, -0.05) is 97.9 Å². The number of phenols is 1. The van der Waals surface area contributed by atoms with E-state index in [4.69, 9.17) is 0 Å². The van der Waals surface area contributed by atoms with Gasteiger partial charge in [-0.15, -0.1) is 0 Å². The Bertz CT molecular complexity index is 1320. The molecule has 0 aromatic heterocycles. The summed E-state index contributed by atoms with van der Waals surface area (Å²) < 4.78 is 34.8. The van der Waals surface area contributed by atoms with Crippen LogP contribution in [0.15, 0.2) is 108 Å². The molecule has 0 aliphatic carbocycles. The summed E-state index contributed by atoms with van der Waals surface area (Å²) in [5, 5.41) is 11.1. The summed E-state index contributed by atoms with van der Waals surface area (Å²) >= 11 is 0. The third-order valence-corrected chi connectivity index (χ3v) is 6.93. The van der Waals surface area contributed by atoms with Crippen LogP contribution in [0.3, 0.4) is 0 Å². The Balaban J connectivity index is 1.97. The molecule has 4 aromatic carbocycles. The largest absolute Gasteiger partial charge is 0.508 e. The Morgan fingerprint density at radius 3 is 1.79 bits per heavy atom. The minimum absolute atomic E-state index is 0.00429. The van der Waals surface area contributed by atoms with Crippen LogP contribution < -0.4 is 0 Å². The zero-order valence-electron chi connectivity index (χ0n) is 18.3. The summed E-state index contributed by atoms with van der Waals surface area (Å²) in [6.07, 6.45) is 0.635. The molecule has 0 fully saturated rings. The standard InChI is InChI=1S/C28H26O4S/c1-20(21-11-5-2-6-12-21)19-24(22-13-7-3-8-14-22)28-25(29)17-18-26(33(30,31)32)27(28)23-15-9-4-10-16-23/h2-18,20,24,29H,19H2,1H3,(H,30,31,32). The minimum atomic E-state index is -4.53. The predicted molar refractivity (Wildman–Crippen MR) is 131 cm³/mol. The van der Waals surface area contributed by atoms with Crippen molar-refractivity contribution in [1.82, 2.24) is 0 Å². The molecule has 0 aliphatic rings. The van der Waals surface area contributed by atoms with E-state index in [2.05, 4.69) is 19.1 Å². The molecule has 0 heterocycles. The van der Waals surface area contributed by atoms with Crippen LogP contribution in [-0.2, 0) is 10.1 Å². The van der Waals surface area contributed by atoms with Crippen molar-refractivity contribution in [3.63, 3.8) is 0 Å². The Morgan fingerprint density at radius 1 is 0.727 bits per heavy atom. The lowest BCUT2D eigenvalue weighted by molar-refractivity contribution is 0.458. The molecule has 2 N–H and O–H groups in total. The maximum atomic E-state index is 12.4. The molecule has 4 nitrogen and oxygen atoms in total. The van der Waals surface area contributed by atoms with Crippen LogP contribution in [0.5, 0.6) is 5.75 Å². The maximum absolute atomic E-state index is 12.4. The zero-order chi connectivity index (χ0) is 23.4. The van der Waals surface area contributed by atoms with E-state index >= 15 is 0 Å². The van der Waals surface area contributed by atoms with Crippen molar-refractivity contribution in [3.05, 3.63) is 120 Å². The SMILES string of the molecule is CC(CC(c1ccccc1)c1c(O)ccc(S(=O)(=O)O)c1-c1ccccc1)c1ccccc1. The molecule has 4 aromatic rings. The molecule has 2 atom stereocenters. The van der Waals surface area contributed by atoms with Crippen LogP contribution in [0.4, 0.5) is 0 Å². The molecule has 0 saturated carbocycles.